The summed E-state index contributed by atoms with van der Waals surface area (Å²) in [6.07, 6.45) is 4.59. The quantitative estimate of drug-likeness (QED) is 0.796. The Hall–Kier alpha value is -2.64. The summed E-state index contributed by atoms with van der Waals surface area (Å²) in [7, 11) is 0. The van der Waals surface area contributed by atoms with Crippen LogP contribution in [-0.4, -0.2) is 16.1 Å². The van der Waals surface area contributed by atoms with Crippen molar-refractivity contribution in [2.45, 2.75) is 13.0 Å². The van der Waals surface area contributed by atoms with Crippen molar-refractivity contribution < 1.29 is 0 Å². The van der Waals surface area contributed by atoms with Gasteiger partial charge in [0.25, 0.3) is 0 Å². The van der Waals surface area contributed by atoms with E-state index in [0.29, 0.717) is 18.8 Å². The molecule has 0 fully saturated rings. The van der Waals surface area contributed by atoms with Crippen LogP contribution in [0, 0.1) is 11.3 Å². The highest BCUT2D eigenvalue weighted by Crippen LogP contribution is 2.20. The van der Waals surface area contributed by atoms with Crippen LogP contribution >= 0.6 is 0 Å². The van der Waals surface area contributed by atoms with E-state index < -0.39 is 0 Å². The summed E-state index contributed by atoms with van der Waals surface area (Å²) < 4.78 is 2.14. The highest BCUT2D eigenvalue weighted by atomic mass is 15.0. The van der Waals surface area contributed by atoms with Gasteiger partial charge in [0.1, 0.15) is 11.8 Å². The molecule has 0 aliphatic carbocycles. The van der Waals surface area contributed by atoms with Gasteiger partial charge in [0.2, 0.25) is 0 Å². The van der Waals surface area contributed by atoms with Crippen molar-refractivity contribution in [3.8, 4) is 6.07 Å². The van der Waals surface area contributed by atoms with Crippen LogP contribution in [0.15, 0.2) is 48.8 Å². The second-order valence-electron chi connectivity index (χ2n) is 5.00. The molecule has 4 nitrogen and oxygen atoms in total. The fourth-order valence-electron chi connectivity index (χ4n) is 2.56. The van der Waals surface area contributed by atoms with Crippen LogP contribution in [0.2, 0.25) is 0 Å². The van der Waals surface area contributed by atoms with Gasteiger partial charge in [-0.2, -0.15) is 5.26 Å². The lowest BCUT2D eigenvalue weighted by Gasteiger charge is -2.07. The molecule has 0 spiro atoms. The molecule has 0 saturated heterocycles. The molecule has 0 saturated carbocycles. The summed E-state index contributed by atoms with van der Waals surface area (Å²) in [5.41, 5.74) is 9.43. The Morgan fingerprint density at radius 2 is 2.14 bits per heavy atom. The number of nitrogens with zero attached hydrogens (tertiary/aromatic N) is 3. The maximum absolute atomic E-state index is 9.12. The molecule has 104 valence electrons. The molecule has 0 atom stereocenters. The highest BCUT2D eigenvalue weighted by molar-refractivity contribution is 5.81. The topological polar surface area (TPSA) is 67.6 Å². The molecule has 2 N–H and O–H groups in total. The van der Waals surface area contributed by atoms with Gasteiger partial charge in [0, 0.05) is 23.5 Å². The summed E-state index contributed by atoms with van der Waals surface area (Å²) in [5, 5.41) is 10.3. The monoisotopic (exact) mass is 276 g/mol. The Morgan fingerprint density at radius 3 is 2.95 bits per heavy atom. The Labute approximate surface area is 123 Å². The number of hydrogen-bond acceptors (Lipinski definition) is 3. The van der Waals surface area contributed by atoms with E-state index in [9.17, 15) is 0 Å². The van der Waals surface area contributed by atoms with Crippen LogP contribution < -0.4 is 5.73 Å². The smallest absolute Gasteiger partial charge is 0.145 e. The van der Waals surface area contributed by atoms with Crippen molar-refractivity contribution in [2.75, 3.05) is 6.54 Å². The van der Waals surface area contributed by atoms with E-state index in [1.165, 1.54) is 10.9 Å². The lowest BCUT2D eigenvalue weighted by Crippen LogP contribution is -2.03. The number of fused-ring (bicyclic) bond motifs is 1. The minimum Gasteiger partial charge on any atom is -0.343 e. The Balaban J connectivity index is 1.96. The van der Waals surface area contributed by atoms with E-state index >= 15 is 0 Å². The van der Waals surface area contributed by atoms with E-state index in [-0.39, 0.29) is 0 Å². The van der Waals surface area contributed by atoms with Crippen molar-refractivity contribution in [3.63, 3.8) is 0 Å². The number of benzene rings is 1. The second kappa shape index (κ2) is 5.78. The fourth-order valence-corrected chi connectivity index (χ4v) is 2.56. The van der Waals surface area contributed by atoms with E-state index in [1.807, 2.05) is 18.3 Å². The molecule has 3 aromatic rings. The minimum atomic E-state index is 0.485. The summed E-state index contributed by atoms with van der Waals surface area (Å²) >= 11 is 0. The van der Waals surface area contributed by atoms with Gasteiger partial charge in [-0.15, -0.1) is 0 Å². The predicted octanol–water partition coefficient (Wildman–Crippen LogP) is 2.46. The second-order valence-corrected chi connectivity index (χ2v) is 5.00. The van der Waals surface area contributed by atoms with Gasteiger partial charge in [-0.3, -0.25) is 0 Å². The standard InChI is InChI=1S/C17H16N4/c18-7-5-13-3-4-17-14(10-13)6-9-21(17)12-15-2-1-8-20-16(15)11-19/h1-4,6,8-10H,5,7,12,18H2. The van der Waals surface area contributed by atoms with E-state index in [4.69, 9.17) is 11.0 Å². The molecule has 3 rings (SSSR count). The molecule has 0 radical (unpaired) electrons. The molecule has 0 aliphatic rings. The van der Waals surface area contributed by atoms with Gasteiger partial charge in [-0.25, -0.2) is 4.98 Å². The third-order valence-electron chi connectivity index (χ3n) is 3.61. The average molecular weight is 276 g/mol. The van der Waals surface area contributed by atoms with Crippen LogP contribution in [0.5, 0.6) is 0 Å². The number of nitrogens with two attached hydrogens (primary N) is 1. The van der Waals surface area contributed by atoms with Crippen LogP contribution in [0.25, 0.3) is 10.9 Å². The van der Waals surface area contributed by atoms with Gasteiger partial charge in [0.15, 0.2) is 0 Å². The first kappa shape index (κ1) is 13.3. The maximum atomic E-state index is 9.12. The molecule has 21 heavy (non-hydrogen) atoms. The highest BCUT2D eigenvalue weighted by Gasteiger charge is 2.06. The Morgan fingerprint density at radius 1 is 1.24 bits per heavy atom. The van der Waals surface area contributed by atoms with Crippen molar-refractivity contribution in [1.82, 2.24) is 9.55 Å². The van der Waals surface area contributed by atoms with Gasteiger partial charge >= 0.3 is 0 Å². The first-order valence-electron chi connectivity index (χ1n) is 6.93. The number of aromatic nitrogens is 2. The Kier molecular flexibility index (Phi) is 3.67. The first-order valence-corrected chi connectivity index (χ1v) is 6.93. The fraction of sp³-hybridized carbons (Fsp3) is 0.176. The minimum absolute atomic E-state index is 0.485. The van der Waals surface area contributed by atoms with Crippen LogP contribution in [0.4, 0.5) is 0 Å². The SMILES string of the molecule is N#Cc1ncccc1Cn1ccc2cc(CCN)ccc21. The summed E-state index contributed by atoms with van der Waals surface area (Å²) in [6.45, 7) is 1.31. The van der Waals surface area contributed by atoms with E-state index in [2.05, 4.69) is 39.9 Å². The largest absolute Gasteiger partial charge is 0.343 e. The average Bonchev–Trinajstić information content (AvgIpc) is 2.91. The molecule has 1 aromatic carbocycles. The number of rotatable bonds is 4. The molecule has 0 aliphatic heterocycles. The molecular weight excluding hydrogens is 260 g/mol. The summed E-state index contributed by atoms with van der Waals surface area (Å²) in [4.78, 5) is 4.11. The van der Waals surface area contributed by atoms with Gasteiger partial charge in [0.05, 0.1) is 6.54 Å². The predicted molar refractivity (Wildman–Crippen MR) is 82.8 cm³/mol. The summed E-state index contributed by atoms with van der Waals surface area (Å²) in [6, 6.07) is 14.4. The zero-order valence-electron chi connectivity index (χ0n) is 11.7. The van der Waals surface area contributed by atoms with E-state index in [0.717, 1.165) is 17.5 Å². The normalized spacial score (nSPS) is 10.7. The number of hydrogen-bond donors (Lipinski definition) is 1. The van der Waals surface area contributed by atoms with Gasteiger partial charge < -0.3 is 10.3 Å². The lowest BCUT2D eigenvalue weighted by molar-refractivity contribution is 0.827. The van der Waals surface area contributed by atoms with Crippen molar-refractivity contribution >= 4 is 10.9 Å². The number of pyridine rings is 1. The third kappa shape index (κ3) is 2.64. The third-order valence-corrected chi connectivity index (χ3v) is 3.61. The zero-order valence-corrected chi connectivity index (χ0v) is 11.7. The molecule has 0 amide bonds. The van der Waals surface area contributed by atoms with Crippen LogP contribution in [0.1, 0.15) is 16.8 Å². The van der Waals surface area contributed by atoms with Crippen molar-refractivity contribution in [3.05, 3.63) is 65.6 Å². The Bertz CT molecular complexity index is 811. The number of nitriles is 1. The molecule has 0 bridgehead atoms. The van der Waals surface area contributed by atoms with E-state index in [1.54, 1.807) is 6.20 Å². The van der Waals surface area contributed by atoms with Crippen molar-refractivity contribution in [2.24, 2.45) is 5.73 Å². The molecule has 2 heterocycles. The lowest BCUT2D eigenvalue weighted by atomic mass is 10.1. The summed E-state index contributed by atoms with van der Waals surface area (Å²) in [5.74, 6) is 0. The molecular formula is C17H16N4. The molecule has 0 unspecified atom stereocenters. The van der Waals surface area contributed by atoms with Crippen LogP contribution in [-0.2, 0) is 13.0 Å². The maximum Gasteiger partial charge on any atom is 0.145 e. The van der Waals surface area contributed by atoms with Gasteiger partial charge in [-0.1, -0.05) is 12.1 Å². The van der Waals surface area contributed by atoms with Gasteiger partial charge in [-0.05, 0) is 48.2 Å². The molecule has 2 aromatic heterocycles. The van der Waals surface area contributed by atoms with Crippen molar-refractivity contribution in [1.29, 1.82) is 5.26 Å². The van der Waals surface area contributed by atoms with Crippen LogP contribution in [0.3, 0.4) is 0 Å². The molecule has 4 heteroatoms. The zero-order chi connectivity index (χ0) is 14.7. The first-order chi connectivity index (χ1) is 10.3.